The molecule has 0 bridgehead atoms. The lowest BCUT2D eigenvalue weighted by molar-refractivity contribution is 0.119. The van der Waals surface area contributed by atoms with E-state index in [-0.39, 0.29) is 11.5 Å². The highest BCUT2D eigenvalue weighted by molar-refractivity contribution is 5.41. The molecule has 2 heteroatoms. The lowest BCUT2D eigenvalue weighted by Crippen LogP contribution is -2.18. The standard InChI is InChI=1S/C16H24O2/c1-16(2,3)12-7-8-14(15(18)10-12)11-5-4-6-13(17)9-11/h7-8,10-11,13,17-18H,4-6,9H2,1-3H3/t11-,13+/m0/s1. The molecule has 2 nitrogen and oxygen atoms in total. The third-order valence-corrected chi connectivity index (χ3v) is 3.98. The molecule has 1 aliphatic rings. The summed E-state index contributed by atoms with van der Waals surface area (Å²) in [7, 11) is 0. The van der Waals surface area contributed by atoms with Crippen molar-refractivity contribution in [1.29, 1.82) is 0 Å². The molecule has 1 fully saturated rings. The van der Waals surface area contributed by atoms with Gasteiger partial charge in [-0.25, -0.2) is 0 Å². The molecule has 0 spiro atoms. The van der Waals surface area contributed by atoms with Crippen LogP contribution in [0.4, 0.5) is 0 Å². The van der Waals surface area contributed by atoms with Crippen LogP contribution in [-0.2, 0) is 5.41 Å². The van der Waals surface area contributed by atoms with Gasteiger partial charge in [0.15, 0.2) is 0 Å². The van der Waals surface area contributed by atoms with E-state index in [9.17, 15) is 10.2 Å². The number of hydrogen-bond acceptors (Lipinski definition) is 2. The summed E-state index contributed by atoms with van der Waals surface area (Å²) < 4.78 is 0. The second kappa shape index (κ2) is 4.93. The van der Waals surface area contributed by atoms with E-state index in [0.717, 1.165) is 36.8 Å². The van der Waals surface area contributed by atoms with Crippen LogP contribution in [0.25, 0.3) is 0 Å². The van der Waals surface area contributed by atoms with Crippen LogP contribution in [0.2, 0.25) is 0 Å². The predicted molar refractivity (Wildman–Crippen MR) is 74.0 cm³/mol. The van der Waals surface area contributed by atoms with Gasteiger partial charge in [0.25, 0.3) is 0 Å². The monoisotopic (exact) mass is 248 g/mol. The summed E-state index contributed by atoms with van der Waals surface area (Å²) in [5, 5.41) is 19.9. The molecule has 0 radical (unpaired) electrons. The number of aromatic hydroxyl groups is 1. The lowest BCUT2D eigenvalue weighted by atomic mass is 9.80. The summed E-state index contributed by atoms with van der Waals surface area (Å²) in [6, 6.07) is 6.03. The molecule has 1 aromatic rings. The van der Waals surface area contributed by atoms with Gasteiger partial charge in [-0.2, -0.15) is 0 Å². The molecule has 2 atom stereocenters. The normalized spacial score (nSPS) is 25.1. The third-order valence-electron chi connectivity index (χ3n) is 3.98. The number of phenolic OH excluding ortho intramolecular Hbond substituents is 1. The highest BCUT2D eigenvalue weighted by Crippen LogP contribution is 2.38. The Hall–Kier alpha value is -1.02. The van der Waals surface area contributed by atoms with Crippen molar-refractivity contribution in [3.8, 4) is 5.75 Å². The minimum absolute atomic E-state index is 0.0576. The van der Waals surface area contributed by atoms with Crippen LogP contribution in [-0.4, -0.2) is 16.3 Å². The Labute approximate surface area is 110 Å². The van der Waals surface area contributed by atoms with Crippen molar-refractivity contribution in [3.05, 3.63) is 29.3 Å². The van der Waals surface area contributed by atoms with Crippen molar-refractivity contribution in [3.63, 3.8) is 0 Å². The van der Waals surface area contributed by atoms with Gasteiger partial charge in [0.1, 0.15) is 5.75 Å². The Balaban J connectivity index is 2.24. The Morgan fingerprint density at radius 1 is 1.17 bits per heavy atom. The quantitative estimate of drug-likeness (QED) is 0.795. The summed E-state index contributed by atoms with van der Waals surface area (Å²) in [4.78, 5) is 0. The summed E-state index contributed by atoms with van der Waals surface area (Å²) in [6.45, 7) is 6.43. The topological polar surface area (TPSA) is 40.5 Å². The van der Waals surface area contributed by atoms with Crippen LogP contribution in [0.1, 0.15) is 63.5 Å². The lowest BCUT2D eigenvalue weighted by Gasteiger charge is -2.28. The Morgan fingerprint density at radius 2 is 1.89 bits per heavy atom. The van der Waals surface area contributed by atoms with Crippen molar-refractivity contribution < 1.29 is 10.2 Å². The Kier molecular flexibility index (Phi) is 3.67. The molecule has 2 rings (SSSR count). The Morgan fingerprint density at radius 3 is 2.44 bits per heavy atom. The smallest absolute Gasteiger partial charge is 0.119 e. The maximum atomic E-state index is 10.2. The fourth-order valence-corrected chi connectivity index (χ4v) is 2.80. The highest BCUT2D eigenvalue weighted by Gasteiger charge is 2.24. The molecule has 0 amide bonds. The summed E-state index contributed by atoms with van der Waals surface area (Å²) in [5.41, 5.74) is 2.21. The first kappa shape index (κ1) is 13.4. The number of rotatable bonds is 1. The summed E-state index contributed by atoms with van der Waals surface area (Å²) in [6.07, 6.45) is 3.59. The van der Waals surface area contributed by atoms with Gasteiger partial charge in [-0.05, 0) is 47.8 Å². The number of benzene rings is 1. The van der Waals surface area contributed by atoms with Crippen LogP contribution in [0, 0.1) is 0 Å². The van der Waals surface area contributed by atoms with E-state index >= 15 is 0 Å². The molecule has 0 unspecified atom stereocenters. The van der Waals surface area contributed by atoms with Crippen molar-refractivity contribution >= 4 is 0 Å². The molecule has 18 heavy (non-hydrogen) atoms. The molecule has 0 aliphatic heterocycles. The molecular formula is C16H24O2. The van der Waals surface area contributed by atoms with Crippen LogP contribution < -0.4 is 0 Å². The van der Waals surface area contributed by atoms with Gasteiger partial charge in [0, 0.05) is 0 Å². The van der Waals surface area contributed by atoms with Crippen molar-refractivity contribution in [2.75, 3.05) is 0 Å². The first-order valence-electron chi connectivity index (χ1n) is 6.89. The van der Waals surface area contributed by atoms with Crippen molar-refractivity contribution in [2.24, 2.45) is 0 Å². The van der Waals surface area contributed by atoms with Gasteiger partial charge in [0.05, 0.1) is 6.10 Å². The Bertz CT molecular complexity index is 418. The van der Waals surface area contributed by atoms with E-state index < -0.39 is 0 Å². The van der Waals surface area contributed by atoms with Gasteiger partial charge < -0.3 is 10.2 Å². The maximum absolute atomic E-state index is 10.2. The fraction of sp³-hybridized carbons (Fsp3) is 0.625. The van der Waals surface area contributed by atoms with E-state index in [1.807, 2.05) is 12.1 Å². The van der Waals surface area contributed by atoms with E-state index in [1.165, 1.54) is 0 Å². The maximum Gasteiger partial charge on any atom is 0.119 e. The molecule has 0 aromatic heterocycles. The number of phenols is 1. The van der Waals surface area contributed by atoms with Gasteiger partial charge >= 0.3 is 0 Å². The number of aliphatic hydroxyl groups is 1. The number of hydrogen-bond donors (Lipinski definition) is 2. The molecular weight excluding hydrogens is 224 g/mol. The SMILES string of the molecule is CC(C)(C)c1ccc([C@H]2CCC[C@@H](O)C2)c(O)c1. The van der Waals surface area contributed by atoms with E-state index in [4.69, 9.17) is 0 Å². The summed E-state index contributed by atoms with van der Waals surface area (Å²) >= 11 is 0. The number of aliphatic hydroxyl groups excluding tert-OH is 1. The second-order valence-corrected chi connectivity index (χ2v) is 6.54. The molecule has 100 valence electrons. The highest BCUT2D eigenvalue weighted by atomic mass is 16.3. The van der Waals surface area contributed by atoms with E-state index in [2.05, 4.69) is 26.8 Å². The fourth-order valence-electron chi connectivity index (χ4n) is 2.80. The van der Waals surface area contributed by atoms with Gasteiger partial charge in [-0.15, -0.1) is 0 Å². The van der Waals surface area contributed by atoms with E-state index in [0.29, 0.717) is 11.7 Å². The first-order chi connectivity index (χ1) is 8.38. The summed E-state index contributed by atoms with van der Waals surface area (Å²) in [5.74, 6) is 0.698. The van der Waals surface area contributed by atoms with Crippen LogP contribution >= 0.6 is 0 Å². The van der Waals surface area contributed by atoms with Crippen LogP contribution in [0.5, 0.6) is 5.75 Å². The second-order valence-electron chi connectivity index (χ2n) is 6.54. The van der Waals surface area contributed by atoms with Gasteiger partial charge in [0.2, 0.25) is 0 Å². The third kappa shape index (κ3) is 2.86. The zero-order valence-corrected chi connectivity index (χ0v) is 11.6. The molecule has 2 N–H and O–H groups in total. The molecule has 1 aromatic carbocycles. The van der Waals surface area contributed by atoms with Gasteiger partial charge in [-0.3, -0.25) is 0 Å². The molecule has 1 saturated carbocycles. The van der Waals surface area contributed by atoms with Crippen LogP contribution in [0.3, 0.4) is 0 Å². The largest absolute Gasteiger partial charge is 0.508 e. The molecule has 1 aliphatic carbocycles. The van der Waals surface area contributed by atoms with E-state index in [1.54, 1.807) is 0 Å². The van der Waals surface area contributed by atoms with Crippen molar-refractivity contribution in [2.45, 2.75) is 63.9 Å². The zero-order valence-electron chi connectivity index (χ0n) is 11.6. The van der Waals surface area contributed by atoms with Crippen LogP contribution in [0.15, 0.2) is 18.2 Å². The van der Waals surface area contributed by atoms with Gasteiger partial charge in [-0.1, -0.05) is 39.3 Å². The average Bonchev–Trinajstić information content (AvgIpc) is 2.27. The molecule has 0 heterocycles. The average molecular weight is 248 g/mol. The first-order valence-corrected chi connectivity index (χ1v) is 6.89. The minimum Gasteiger partial charge on any atom is -0.508 e. The minimum atomic E-state index is -0.203. The molecule has 0 saturated heterocycles. The predicted octanol–water partition coefficient (Wildman–Crippen LogP) is 3.71. The van der Waals surface area contributed by atoms with Crippen molar-refractivity contribution in [1.82, 2.24) is 0 Å². The zero-order chi connectivity index (χ0) is 13.3.